The Hall–Kier alpha value is -1.84. The van der Waals surface area contributed by atoms with Gasteiger partial charge in [0.1, 0.15) is 12.0 Å². The summed E-state index contributed by atoms with van der Waals surface area (Å²) in [6.07, 6.45) is 3.42. The number of carbonyl (C=O) groups is 1. The van der Waals surface area contributed by atoms with Gasteiger partial charge in [-0.3, -0.25) is 4.79 Å². The monoisotopic (exact) mass is 290 g/mol. The molecule has 94 valence electrons. The molecule has 0 radical (unpaired) electrons. The number of hydrogen-bond acceptors (Lipinski definition) is 2. The number of rotatable bonds is 2. The summed E-state index contributed by atoms with van der Waals surface area (Å²) < 4.78 is 1.78. The number of aromatic nitrogens is 2. The van der Waals surface area contributed by atoms with Gasteiger partial charge in [0.05, 0.1) is 21.1 Å². The highest BCUT2D eigenvalue weighted by atomic mass is 35.5. The molecule has 0 amide bonds. The normalized spacial score (nSPS) is 10.8. The lowest BCUT2D eigenvalue weighted by Crippen LogP contribution is -2.04. The van der Waals surface area contributed by atoms with E-state index in [4.69, 9.17) is 23.2 Å². The van der Waals surface area contributed by atoms with Gasteiger partial charge in [0.2, 0.25) is 5.78 Å². The van der Waals surface area contributed by atoms with E-state index in [9.17, 15) is 4.79 Å². The van der Waals surface area contributed by atoms with Gasteiger partial charge >= 0.3 is 0 Å². The van der Waals surface area contributed by atoms with Gasteiger partial charge in [0, 0.05) is 6.20 Å². The third-order valence-corrected chi connectivity index (χ3v) is 3.48. The van der Waals surface area contributed by atoms with Crippen LogP contribution in [0.5, 0.6) is 0 Å². The van der Waals surface area contributed by atoms with Crippen molar-refractivity contribution in [3.05, 3.63) is 70.2 Å². The predicted octanol–water partition coefficient (Wildman–Crippen LogP) is 3.87. The topological polar surface area (TPSA) is 34.4 Å². The molecule has 0 spiro atoms. The maximum atomic E-state index is 12.5. The lowest BCUT2D eigenvalue weighted by atomic mass is 10.1. The van der Waals surface area contributed by atoms with Crippen LogP contribution in [0.1, 0.15) is 16.1 Å². The molecule has 0 aliphatic rings. The first kappa shape index (κ1) is 12.2. The first-order valence-electron chi connectivity index (χ1n) is 5.59. The van der Waals surface area contributed by atoms with Crippen LogP contribution in [0.4, 0.5) is 0 Å². The van der Waals surface area contributed by atoms with E-state index >= 15 is 0 Å². The lowest BCUT2D eigenvalue weighted by molar-refractivity contribution is 0.103. The fraction of sp³-hybridized carbons (Fsp3) is 0. The van der Waals surface area contributed by atoms with E-state index in [1.807, 2.05) is 24.4 Å². The Morgan fingerprint density at radius 1 is 1.05 bits per heavy atom. The predicted molar refractivity (Wildman–Crippen MR) is 75.1 cm³/mol. The fourth-order valence-corrected chi connectivity index (χ4v) is 2.52. The minimum Gasteiger partial charge on any atom is -0.306 e. The smallest absolute Gasteiger partial charge is 0.216 e. The Bertz CT molecular complexity index is 760. The van der Waals surface area contributed by atoms with E-state index in [0.29, 0.717) is 15.7 Å². The highest BCUT2D eigenvalue weighted by Gasteiger charge is 2.20. The zero-order valence-electron chi connectivity index (χ0n) is 9.68. The number of ketones is 1. The van der Waals surface area contributed by atoms with Crippen LogP contribution in [-0.2, 0) is 0 Å². The largest absolute Gasteiger partial charge is 0.306 e. The molecule has 0 fully saturated rings. The number of halogens is 2. The average Bonchev–Trinajstić information content (AvgIpc) is 2.82. The molecule has 19 heavy (non-hydrogen) atoms. The molecule has 0 unspecified atom stereocenters. The summed E-state index contributed by atoms with van der Waals surface area (Å²) >= 11 is 12.1. The Morgan fingerprint density at radius 2 is 1.79 bits per heavy atom. The zero-order valence-corrected chi connectivity index (χ0v) is 11.2. The highest BCUT2D eigenvalue weighted by molar-refractivity contribution is 6.41. The molecular formula is C14H8Cl2N2O. The zero-order chi connectivity index (χ0) is 13.4. The average molecular weight is 291 g/mol. The number of imidazole rings is 1. The molecule has 0 saturated carbocycles. The number of benzene rings is 1. The van der Waals surface area contributed by atoms with Crippen LogP contribution < -0.4 is 0 Å². The second-order valence-electron chi connectivity index (χ2n) is 4.01. The van der Waals surface area contributed by atoms with Gasteiger partial charge in [0.25, 0.3) is 0 Å². The summed E-state index contributed by atoms with van der Waals surface area (Å²) in [7, 11) is 0. The minimum atomic E-state index is -0.274. The third kappa shape index (κ3) is 2.01. The van der Waals surface area contributed by atoms with E-state index in [2.05, 4.69) is 4.98 Å². The van der Waals surface area contributed by atoms with Crippen LogP contribution in [0, 0.1) is 0 Å². The van der Waals surface area contributed by atoms with Crippen LogP contribution in [-0.4, -0.2) is 15.2 Å². The highest BCUT2D eigenvalue weighted by Crippen LogP contribution is 2.27. The minimum absolute atomic E-state index is 0.274. The Labute approximate surface area is 119 Å². The maximum Gasteiger partial charge on any atom is 0.216 e. The molecule has 0 aliphatic heterocycles. The third-order valence-electron chi connectivity index (χ3n) is 2.85. The fourth-order valence-electron chi connectivity index (χ4n) is 1.95. The van der Waals surface area contributed by atoms with E-state index in [1.54, 1.807) is 28.9 Å². The van der Waals surface area contributed by atoms with Gasteiger partial charge in [-0.05, 0) is 24.3 Å². The molecule has 5 heteroatoms. The quantitative estimate of drug-likeness (QED) is 0.672. The SMILES string of the molecule is O=C(c1c(Cl)cccc1Cl)c1ncn2ccccc12. The number of pyridine rings is 1. The number of hydrogen-bond donors (Lipinski definition) is 0. The summed E-state index contributed by atoms with van der Waals surface area (Å²) in [4.78, 5) is 16.7. The first-order chi connectivity index (χ1) is 9.18. The van der Waals surface area contributed by atoms with Crippen molar-refractivity contribution in [1.82, 2.24) is 9.38 Å². The van der Waals surface area contributed by atoms with Gasteiger partial charge in [-0.1, -0.05) is 35.3 Å². The van der Waals surface area contributed by atoms with Gasteiger partial charge in [-0.15, -0.1) is 0 Å². The van der Waals surface area contributed by atoms with Gasteiger partial charge < -0.3 is 4.40 Å². The van der Waals surface area contributed by atoms with Crippen molar-refractivity contribution in [2.75, 3.05) is 0 Å². The van der Waals surface area contributed by atoms with Crippen molar-refractivity contribution >= 4 is 34.5 Å². The second-order valence-corrected chi connectivity index (χ2v) is 4.83. The van der Waals surface area contributed by atoms with Gasteiger partial charge in [-0.25, -0.2) is 4.98 Å². The molecule has 3 aromatic rings. The Kier molecular flexibility index (Phi) is 3.01. The van der Waals surface area contributed by atoms with Crippen molar-refractivity contribution in [3.8, 4) is 0 Å². The van der Waals surface area contributed by atoms with Crippen molar-refractivity contribution in [2.45, 2.75) is 0 Å². The molecule has 1 aromatic carbocycles. The van der Waals surface area contributed by atoms with E-state index < -0.39 is 0 Å². The standard InChI is InChI=1S/C14H8Cl2N2O/c15-9-4-3-5-10(16)12(9)14(19)13-11-6-1-2-7-18(11)8-17-13/h1-8H. The molecular weight excluding hydrogens is 283 g/mol. The molecule has 0 aliphatic carbocycles. The van der Waals surface area contributed by atoms with Crippen LogP contribution in [0.3, 0.4) is 0 Å². The van der Waals surface area contributed by atoms with Crippen molar-refractivity contribution in [3.63, 3.8) is 0 Å². The van der Waals surface area contributed by atoms with Crippen LogP contribution in [0.2, 0.25) is 10.0 Å². The lowest BCUT2D eigenvalue weighted by Gasteiger charge is -2.04. The maximum absolute atomic E-state index is 12.5. The first-order valence-corrected chi connectivity index (χ1v) is 6.34. The molecule has 0 saturated heterocycles. The molecule has 0 atom stereocenters. The summed E-state index contributed by atoms with van der Waals surface area (Å²) in [6, 6.07) is 10.5. The summed E-state index contributed by atoms with van der Waals surface area (Å²) in [5.74, 6) is -0.274. The van der Waals surface area contributed by atoms with Crippen molar-refractivity contribution < 1.29 is 4.79 Å². The van der Waals surface area contributed by atoms with Crippen LogP contribution >= 0.6 is 23.2 Å². The molecule has 0 bridgehead atoms. The Balaban J connectivity index is 2.20. The molecule has 2 aromatic heterocycles. The van der Waals surface area contributed by atoms with E-state index in [0.717, 1.165) is 5.52 Å². The summed E-state index contributed by atoms with van der Waals surface area (Å²) in [5.41, 5.74) is 1.36. The summed E-state index contributed by atoms with van der Waals surface area (Å²) in [6.45, 7) is 0. The number of carbonyl (C=O) groups excluding carboxylic acids is 1. The number of nitrogens with zero attached hydrogens (tertiary/aromatic N) is 2. The van der Waals surface area contributed by atoms with Gasteiger partial charge in [0.15, 0.2) is 0 Å². The molecule has 3 nitrogen and oxygen atoms in total. The van der Waals surface area contributed by atoms with E-state index in [1.165, 1.54) is 0 Å². The van der Waals surface area contributed by atoms with Crippen molar-refractivity contribution in [2.24, 2.45) is 0 Å². The molecule has 0 N–H and O–H groups in total. The van der Waals surface area contributed by atoms with Crippen molar-refractivity contribution in [1.29, 1.82) is 0 Å². The molecule has 3 rings (SSSR count). The second kappa shape index (κ2) is 4.68. The van der Waals surface area contributed by atoms with Crippen LogP contribution in [0.15, 0.2) is 48.9 Å². The summed E-state index contributed by atoms with van der Waals surface area (Å²) in [5, 5.41) is 0.657. The van der Waals surface area contributed by atoms with Crippen LogP contribution in [0.25, 0.3) is 5.52 Å². The Morgan fingerprint density at radius 3 is 2.53 bits per heavy atom. The molecule has 2 heterocycles. The number of fused-ring (bicyclic) bond motifs is 1. The van der Waals surface area contributed by atoms with Gasteiger partial charge in [-0.2, -0.15) is 0 Å². The van der Waals surface area contributed by atoms with E-state index in [-0.39, 0.29) is 11.3 Å².